The van der Waals surface area contributed by atoms with Crippen LogP contribution in [0.5, 0.6) is 0 Å². The van der Waals surface area contributed by atoms with E-state index in [-0.39, 0.29) is 5.56 Å². The lowest BCUT2D eigenvalue weighted by Crippen LogP contribution is -2.16. The van der Waals surface area contributed by atoms with Gasteiger partial charge in [0.15, 0.2) is 0 Å². The molecule has 18 heavy (non-hydrogen) atoms. The summed E-state index contributed by atoms with van der Waals surface area (Å²) in [6.07, 6.45) is 0. The van der Waals surface area contributed by atoms with E-state index >= 15 is 0 Å². The van der Waals surface area contributed by atoms with Crippen LogP contribution in [0.1, 0.15) is 21.0 Å². The van der Waals surface area contributed by atoms with Crippen molar-refractivity contribution in [3.63, 3.8) is 0 Å². The molecular weight excluding hydrogens is 240 g/mol. The molecule has 8 nitrogen and oxygen atoms in total. The number of benzene rings is 1. The molecule has 0 aliphatic rings. The molecule has 1 aromatic carbocycles. The van der Waals surface area contributed by atoms with E-state index in [1.165, 1.54) is 24.3 Å². The van der Waals surface area contributed by atoms with E-state index in [1.807, 2.05) is 0 Å². The van der Waals surface area contributed by atoms with Crippen LogP contribution in [0.15, 0.2) is 29.1 Å². The van der Waals surface area contributed by atoms with Gasteiger partial charge in [0, 0.05) is 5.56 Å². The maximum atomic E-state index is 11.5. The van der Waals surface area contributed by atoms with Crippen molar-refractivity contribution in [1.82, 2.24) is 14.8 Å². The average molecular weight is 248 g/mol. The summed E-state index contributed by atoms with van der Waals surface area (Å²) < 4.78 is 0.883. The van der Waals surface area contributed by atoms with Crippen molar-refractivity contribution in [1.29, 1.82) is 0 Å². The number of amides is 1. The van der Waals surface area contributed by atoms with Gasteiger partial charge < -0.3 is 10.8 Å². The Balaban J connectivity index is 2.46. The van der Waals surface area contributed by atoms with E-state index in [1.54, 1.807) is 0 Å². The summed E-state index contributed by atoms with van der Waals surface area (Å²) in [5.41, 5.74) is 4.99. The molecule has 0 aliphatic carbocycles. The first-order valence-electron chi connectivity index (χ1n) is 4.82. The Morgan fingerprint density at radius 2 is 1.89 bits per heavy atom. The van der Waals surface area contributed by atoms with Crippen molar-refractivity contribution in [2.24, 2.45) is 5.73 Å². The van der Waals surface area contributed by atoms with Gasteiger partial charge in [0.1, 0.15) is 0 Å². The summed E-state index contributed by atoms with van der Waals surface area (Å²) in [6, 6.07) is 5.71. The number of carboxylic acid groups (broad SMARTS) is 1. The molecule has 0 radical (unpaired) electrons. The zero-order valence-corrected chi connectivity index (χ0v) is 8.95. The van der Waals surface area contributed by atoms with Crippen molar-refractivity contribution in [2.45, 2.75) is 0 Å². The Morgan fingerprint density at radius 1 is 1.28 bits per heavy atom. The first-order chi connectivity index (χ1) is 8.49. The van der Waals surface area contributed by atoms with Gasteiger partial charge in [-0.1, -0.05) is 0 Å². The van der Waals surface area contributed by atoms with Crippen LogP contribution in [0.3, 0.4) is 0 Å². The first kappa shape index (κ1) is 11.6. The lowest BCUT2D eigenvalue weighted by molar-refractivity contribution is 0.0683. The van der Waals surface area contributed by atoms with Gasteiger partial charge >= 0.3 is 11.7 Å². The minimum atomic E-state index is -1.33. The molecule has 0 spiro atoms. The van der Waals surface area contributed by atoms with Crippen molar-refractivity contribution in [2.75, 3.05) is 0 Å². The Labute approximate surface area is 99.7 Å². The lowest BCUT2D eigenvalue weighted by atomic mass is 10.2. The second-order valence-corrected chi connectivity index (χ2v) is 3.41. The molecule has 2 aromatic rings. The van der Waals surface area contributed by atoms with Crippen LogP contribution in [-0.2, 0) is 0 Å². The van der Waals surface area contributed by atoms with Crippen LogP contribution in [-0.4, -0.2) is 31.7 Å². The highest BCUT2D eigenvalue weighted by molar-refractivity contribution is 5.92. The number of primary amides is 1. The van der Waals surface area contributed by atoms with E-state index in [0.717, 1.165) is 4.68 Å². The van der Waals surface area contributed by atoms with E-state index in [9.17, 15) is 14.4 Å². The number of carboxylic acids is 1. The Hall–Kier alpha value is -2.90. The van der Waals surface area contributed by atoms with Crippen LogP contribution >= 0.6 is 0 Å². The molecule has 0 fully saturated rings. The third-order valence-corrected chi connectivity index (χ3v) is 2.22. The molecule has 1 aromatic heterocycles. The standard InChI is InChI=1S/C10H8N4O4/c11-7(15)5-1-3-6(4-2-5)14-10(18)12-8(13-14)9(16)17/h1-4H,(H2,11,15)(H,16,17)(H,12,13,18). The Bertz CT molecular complexity index is 668. The summed E-state index contributed by atoms with van der Waals surface area (Å²) in [6.45, 7) is 0. The molecule has 1 heterocycles. The molecule has 0 atom stereocenters. The van der Waals surface area contributed by atoms with E-state index in [0.29, 0.717) is 5.69 Å². The highest BCUT2D eigenvalue weighted by atomic mass is 16.4. The Kier molecular flexibility index (Phi) is 2.68. The molecule has 1 amide bonds. The largest absolute Gasteiger partial charge is 0.475 e. The number of aromatic nitrogens is 3. The highest BCUT2D eigenvalue weighted by Crippen LogP contribution is 2.06. The molecule has 0 saturated heterocycles. The normalized spacial score (nSPS) is 10.2. The summed E-state index contributed by atoms with van der Waals surface area (Å²) in [7, 11) is 0. The number of aromatic amines is 1. The molecular formula is C10H8N4O4. The fourth-order valence-corrected chi connectivity index (χ4v) is 1.36. The number of nitrogens with one attached hydrogen (secondary N) is 1. The predicted octanol–water partition coefficient (Wildman–Crippen LogP) is -0.642. The van der Waals surface area contributed by atoms with E-state index in [2.05, 4.69) is 10.1 Å². The fourth-order valence-electron chi connectivity index (χ4n) is 1.36. The number of nitrogens with two attached hydrogens (primary N) is 1. The van der Waals surface area contributed by atoms with Crippen LogP contribution < -0.4 is 11.4 Å². The molecule has 0 saturated carbocycles. The van der Waals surface area contributed by atoms with Gasteiger partial charge in [-0.15, -0.1) is 5.10 Å². The smallest absolute Gasteiger partial charge is 0.373 e. The Morgan fingerprint density at radius 3 is 2.33 bits per heavy atom. The van der Waals surface area contributed by atoms with Crippen molar-refractivity contribution in [3.8, 4) is 5.69 Å². The summed E-state index contributed by atoms with van der Waals surface area (Å²) >= 11 is 0. The molecule has 0 aliphatic heterocycles. The molecule has 2 rings (SSSR count). The predicted molar refractivity (Wildman–Crippen MR) is 59.7 cm³/mol. The maximum Gasteiger partial charge on any atom is 0.373 e. The number of H-pyrrole nitrogens is 1. The van der Waals surface area contributed by atoms with E-state index < -0.39 is 23.4 Å². The van der Waals surface area contributed by atoms with Crippen LogP contribution in [0.2, 0.25) is 0 Å². The fraction of sp³-hybridized carbons (Fsp3) is 0. The van der Waals surface area contributed by atoms with E-state index in [4.69, 9.17) is 10.8 Å². The second kappa shape index (κ2) is 4.17. The number of hydrogen-bond acceptors (Lipinski definition) is 4. The molecule has 8 heteroatoms. The molecule has 92 valence electrons. The zero-order valence-electron chi connectivity index (χ0n) is 8.95. The lowest BCUT2D eigenvalue weighted by Gasteiger charge is -1.99. The number of rotatable bonds is 3. The van der Waals surface area contributed by atoms with Gasteiger partial charge in [0.2, 0.25) is 11.7 Å². The summed E-state index contributed by atoms with van der Waals surface area (Å²) in [5.74, 6) is -2.39. The topological polar surface area (TPSA) is 131 Å². The van der Waals surface area contributed by atoms with Gasteiger partial charge in [-0.2, -0.15) is 4.68 Å². The van der Waals surface area contributed by atoms with Gasteiger partial charge in [-0.05, 0) is 24.3 Å². The van der Waals surface area contributed by atoms with Gasteiger partial charge in [-0.3, -0.25) is 9.78 Å². The molecule has 0 unspecified atom stereocenters. The van der Waals surface area contributed by atoms with Crippen molar-refractivity contribution >= 4 is 11.9 Å². The minimum absolute atomic E-state index is 0.279. The van der Waals surface area contributed by atoms with Crippen LogP contribution in [0, 0.1) is 0 Å². The summed E-state index contributed by atoms with van der Waals surface area (Å²) in [5, 5.41) is 12.3. The van der Waals surface area contributed by atoms with Gasteiger partial charge in [0.25, 0.3) is 0 Å². The first-order valence-corrected chi connectivity index (χ1v) is 4.82. The maximum absolute atomic E-state index is 11.5. The van der Waals surface area contributed by atoms with Gasteiger partial charge in [0.05, 0.1) is 5.69 Å². The number of carbonyl (C=O) groups excluding carboxylic acids is 1. The molecule has 0 bridgehead atoms. The third-order valence-electron chi connectivity index (χ3n) is 2.22. The average Bonchev–Trinajstić information content (AvgIpc) is 2.71. The minimum Gasteiger partial charge on any atom is -0.475 e. The second-order valence-electron chi connectivity index (χ2n) is 3.41. The monoisotopic (exact) mass is 248 g/mol. The van der Waals surface area contributed by atoms with Crippen molar-refractivity contribution in [3.05, 3.63) is 46.1 Å². The third kappa shape index (κ3) is 1.98. The number of carbonyl (C=O) groups is 2. The SMILES string of the molecule is NC(=O)c1ccc(-n2nc(C(=O)O)[nH]c2=O)cc1. The van der Waals surface area contributed by atoms with Crippen LogP contribution in [0.25, 0.3) is 5.69 Å². The zero-order chi connectivity index (χ0) is 13.3. The molecule has 4 N–H and O–H groups in total. The number of nitrogens with zero attached hydrogens (tertiary/aromatic N) is 2. The van der Waals surface area contributed by atoms with Gasteiger partial charge in [-0.25, -0.2) is 9.59 Å². The number of hydrogen-bond donors (Lipinski definition) is 3. The quantitative estimate of drug-likeness (QED) is 0.664. The summed E-state index contributed by atoms with van der Waals surface area (Å²) in [4.78, 5) is 35.0. The number of aromatic carboxylic acids is 1. The highest BCUT2D eigenvalue weighted by Gasteiger charge is 2.12. The van der Waals surface area contributed by atoms with Crippen LogP contribution in [0.4, 0.5) is 0 Å². The van der Waals surface area contributed by atoms with Crippen molar-refractivity contribution < 1.29 is 14.7 Å².